The number of hydrogen-bond donors (Lipinski definition) is 2. The number of piperazine rings is 1. The Kier molecular flexibility index (Phi) is 5.57. The summed E-state index contributed by atoms with van der Waals surface area (Å²) in [6.07, 6.45) is 4.22. The van der Waals surface area contributed by atoms with Crippen LogP contribution in [-0.4, -0.2) is 64.4 Å². The maximum absolute atomic E-state index is 12.5. The van der Waals surface area contributed by atoms with Crippen LogP contribution >= 0.6 is 0 Å². The monoisotopic (exact) mass is 360 g/mol. The summed E-state index contributed by atoms with van der Waals surface area (Å²) < 4.78 is 6.87. The van der Waals surface area contributed by atoms with Gasteiger partial charge in [0, 0.05) is 32.9 Å². The van der Waals surface area contributed by atoms with Crippen LogP contribution < -0.4 is 10.2 Å². The molecular formula is C17H24N6O3. The molecule has 9 nitrogen and oxygen atoms in total. The second kappa shape index (κ2) is 8.05. The largest absolute Gasteiger partial charge is 0.467 e. The van der Waals surface area contributed by atoms with Crippen LogP contribution in [0.25, 0.3) is 0 Å². The summed E-state index contributed by atoms with van der Waals surface area (Å²) in [5.74, 6) is 1.07. The van der Waals surface area contributed by atoms with Crippen molar-refractivity contribution in [2.45, 2.75) is 13.0 Å². The van der Waals surface area contributed by atoms with E-state index in [-0.39, 0.29) is 19.0 Å². The molecule has 1 fully saturated rings. The summed E-state index contributed by atoms with van der Waals surface area (Å²) in [5.41, 5.74) is 0.798. The summed E-state index contributed by atoms with van der Waals surface area (Å²) in [5, 5.41) is 17.4. The third-order valence-corrected chi connectivity index (χ3v) is 4.14. The number of aliphatic hydroxyl groups is 1. The SMILES string of the molecule is CCNC(=NCC(O)c1ccco1)N1CCN(c2cnn(C)c2)C(=O)C1. The summed E-state index contributed by atoms with van der Waals surface area (Å²) in [7, 11) is 1.82. The van der Waals surface area contributed by atoms with Crippen molar-refractivity contribution in [1.29, 1.82) is 0 Å². The van der Waals surface area contributed by atoms with E-state index < -0.39 is 6.10 Å². The molecule has 1 aliphatic heterocycles. The number of nitrogens with zero attached hydrogens (tertiary/aromatic N) is 5. The number of aryl methyl sites for hydroxylation is 1. The zero-order valence-electron chi connectivity index (χ0n) is 15.0. The van der Waals surface area contributed by atoms with Gasteiger partial charge in [0.25, 0.3) is 0 Å². The molecular weight excluding hydrogens is 336 g/mol. The van der Waals surface area contributed by atoms with Crippen molar-refractivity contribution in [3.63, 3.8) is 0 Å². The number of anilines is 1. The number of aromatic nitrogens is 2. The molecule has 2 aromatic heterocycles. The Labute approximate surface area is 151 Å². The van der Waals surface area contributed by atoms with E-state index in [0.29, 0.717) is 31.4 Å². The van der Waals surface area contributed by atoms with Crippen LogP contribution in [0.2, 0.25) is 0 Å². The zero-order valence-corrected chi connectivity index (χ0v) is 15.0. The molecule has 1 aliphatic rings. The van der Waals surface area contributed by atoms with Gasteiger partial charge in [-0.25, -0.2) is 4.99 Å². The first-order chi connectivity index (χ1) is 12.6. The van der Waals surface area contributed by atoms with Crippen LogP contribution in [0.1, 0.15) is 18.8 Å². The lowest BCUT2D eigenvalue weighted by Gasteiger charge is -2.35. The summed E-state index contributed by atoms with van der Waals surface area (Å²) in [6.45, 7) is 4.21. The van der Waals surface area contributed by atoms with Crippen molar-refractivity contribution in [3.8, 4) is 0 Å². The van der Waals surface area contributed by atoms with Gasteiger partial charge in [-0.05, 0) is 19.1 Å². The van der Waals surface area contributed by atoms with Gasteiger partial charge in [0.1, 0.15) is 18.4 Å². The minimum Gasteiger partial charge on any atom is -0.467 e. The fourth-order valence-corrected chi connectivity index (χ4v) is 2.84. The second-order valence-electron chi connectivity index (χ2n) is 6.06. The Balaban J connectivity index is 1.65. The maximum Gasteiger partial charge on any atom is 0.246 e. The number of rotatable bonds is 5. The topological polar surface area (TPSA) is 99.1 Å². The number of hydrogen-bond acceptors (Lipinski definition) is 5. The summed E-state index contributed by atoms with van der Waals surface area (Å²) in [6, 6.07) is 3.44. The van der Waals surface area contributed by atoms with E-state index in [1.165, 1.54) is 6.26 Å². The highest BCUT2D eigenvalue weighted by molar-refractivity contribution is 5.98. The number of carbonyl (C=O) groups excluding carboxylic acids is 1. The number of guanidine groups is 1. The molecule has 0 bridgehead atoms. The van der Waals surface area contributed by atoms with Crippen LogP contribution in [0.4, 0.5) is 5.69 Å². The number of amides is 1. The number of nitrogens with one attached hydrogen (secondary N) is 1. The second-order valence-corrected chi connectivity index (χ2v) is 6.06. The first-order valence-electron chi connectivity index (χ1n) is 8.62. The fourth-order valence-electron chi connectivity index (χ4n) is 2.84. The fraction of sp³-hybridized carbons (Fsp3) is 0.471. The predicted molar refractivity (Wildman–Crippen MR) is 96.8 cm³/mol. The van der Waals surface area contributed by atoms with Crippen LogP contribution in [0.5, 0.6) is 0 Å². The summed E-state index contributed by atoms with van der Waals surface area (Å²) >= 11 is 0. The Morgan fingerprint density at radius 2 is 2.35 bits per heavy atom. The highest BCUT2D eigenvalue weighted by Gasteiger charge is 2.27. The standard InChI is InChI=1S/C17H24N6O3/c1-3-18-17(19-10-14(24)15-5-4-8-26-15)22-6-7-23(16(25)12-22)13-9-20-21(2)11-13/h4-5,8-9,11,14,24H,3,6-7,10,12H2,1-2H3,(H,18,19). The van der Waals surface area contributed by atoms with Crippen molar-refractivity contribution in [2.75, 3.05) is 37.6 Å². The Bertz CT molecular complexity index is 754. The Hall–Kier alpha value is -2.81. The maximum atomic E-state index is 12.5. The van der Waals surface area contributed by atoms with Crippen molar-refractivity contribution in [1.82, 2.24) is 20.0 Å². The molecule has 0 radical (unpaired) electrons. The molecule has 0 saturated carbocycles. The molecule has 140 valence electrons. The Morgan fingerprint density at radius 1 is 1.50 bits per heavy atom. The molecule has 1 saturated heterocycles. The van der Waals surface area contributed by atoms with Gasteiger partial charge in [0.2, 0.25) is 5.91 Å². The van der Waals surface area contributed by atoms with E-state index >= 15 is 0 Å². The first-order valence-corrected chi connectivity index (χ1v) is 8.62. The van der Waals surface area contributed by atoms with E-state index in [2.05, 4.69) is 15.4 Å². The number of aliphatic hydroxyl groups excluding tert-OH is 1. The minimum atomic E-state index is -0.814. The van der Waals surface area contributed by atoms with Gasteiger partial charge < -0.3 is 24.6 Å². The first kappa shape index (κ1) is 18.0. The lowest BCUT2D eigenvalue weighted by Crippen LogP contribution is -2.55. The molecule has 0 aromatic carbocycles. The van der Waals surface area contributed by atoms with Gasteiger partial charge in [-0.15, -0.1) is 0 Å². The third kappa shape index (κ3) is 4.05. The van der Waals surface area contributed by atoms with Gasteiger partial charge in [-0.2, -0.15) is 5.10 Å². The van der Waals surface area contributed by atoms with E-state index in [4.69, 9.17) is 4.42 Å². The van der Waals surface area contributed by atoms with E-state index in [9.17, 15) is 9.90 Å². The van der Waals surface area contributed by atoms with E-state index in [0.717, 1.165) is 5.69 Å². The molecule has 1 unspecified atom stereocenters. The van der Waals surface area contributed by atoms with Gasteiger partial charge in [0.05, 0.1) is 24.7 Å². The minimum absolute atomic E-state index is 0.0126. The molecule has 9 heteroatoms. The summed E-state index contributed by atoms with van der Waals surface area (Å²) in [4.78, 5) is 20.6. The van der Waals surface area contributed by atoms with E-state index in [1.807, 2.05) is 25.1 Å². The van der Waals surface area contributed by atoms with Gasteiger partial charge in [-0.1, -0.05) is 0 Å². The van der Waals surface area contributed by atoms with Gasteiger partial charge in [-0.3, -0.25) is 9.48 Å². The average molecular weight is 360 g/mol. The third-order valence-electron chi connectivity index (χ3n) is 4.14. The van der Waals surface area contributed by atoms with Crippen LogP contribution in [0.3, 0.4) is 0 Å². The van der Waals surface area contributed by atoms with Gasteiger partial charge in [0.15, 0.2) is 5.96 Å². The van der Waals surface area contributed by atoms with Crippen molar-refractivity contribution in [3.05, 3.63) is 36.5 Å². The molecule has 1 atom stereocenters. The molecule has 2 N–H and O–H groups in total. The highest BCUT2D eigenvalue weighted by atomic mass is 16.4. The molecule has 3 heterocycles. The predicted octanol–water partition coefficient (Wildman–Crippen LogP) is 0.361. The van der Waals surface area contributed by atoms with Gasteiger partial charge >= 0.3 is 0 Å². The highest BCUT2D eigenvalue weighted by Crippen LogP contribution is 2.17. The molecule has 0 aliphatic carbocycles. The molecule has 1 amide bonds. The molecule has 3 rings (SSSR count). The number of aliphatic imine (C=N–C) groups is 1. The number of carbonyl (C=O) groups is 1. The smallest absolute Gasteiger partial charge is 0.246 e. The molecule has 2 aromatic rings. The Morgan fingerprint density at radius 3 is 2.96 bits per heavy atom. The lowest BCUT2D eigenvalue weighted by molar-refractivity contribution is -0.120. The quantitative estimate of drug-likeness (QED) is 0.590. The zero-order chi connectivity index (χ0) is 18.5. The molecule has 0 spiro atoms. The van der Waals surface area contributed by atoms with Crippen molar-refractivity contribution >= 4 is 17.6 Å². The van der Waals surface area contributed by atoms with E-state index in [1.54, 1.807) is 27.9 Å². The number of furan rings is 1. The van der Waals surface area contributed by atoms with Crippen molar-refractivity contribution < 1.29 is 14.3 Å². The van der Waals surface area contributed by atoms with Crippen LogP contribution in [0, 0.1) is 0 Å². The average Bonchev–Trinajstić information content (AvgIpc) is 3.30. The molecule has 26 heavy (non-hydrogen) atoms. The van der Waals surface area contributed by atoms with Crippen molar-refractivity contribution in [2.24, 2.45) is 12.0 Å². The lowest BCUT2D eigenvalue weighted by atomic mass is 10.2. The normalized spacial score (nSPS) is 16.9. The van der Waals surface area contributed by atoms with Crippen LogP contribution in [0.15, 0.2) is 40.2 Å². The van der Waals surface area contributed by atoms with Crippen LogP contribution in [-0.2, 0) is 11.8 Å².